The summed E-state index contributed by atoms with van der Waals surface area (Å²) >= 11 is 0. The second-order valence-electron chi connectivity index (χ2n) is 8.35. The molecule has 0 heterocycles. The summed E-state index contributed by atoms with van der Waals surface area (Å²) in [5, 5.41) is 3.00. The first-order valence-electron chi connectivity index (χ1n) is 10.8. The van der Waals surface area contributed by atoms with E-state index in [1.165, 1.54) is 16.9 Å². The maximum Gasteiger partial charge on any atom is 0.264 e. The Bertz CT molecular complexity index is 1160. The molecule has 3 aromatic carbocycles. The fraction of sp³-hybridized carbons (Fsp3) is 0.269. The second-order valence-corrected chi connectivity index (χ2v) is 10.3. The average molecular weight is 466 g/mol. The number of likely N-dealkylation sites (N-methyl/N-ethyl adjacent to an activating group) is 1. The third kappa shape index (κ3) is 6.21. The van der Waals surface area contributed by atoms with Crippen LogP contribution in [0.15, 0.2) is 83.8 Å². The number of hydrogen-bond donors (Lipinski definition) is 1. The largest absolute Gasteiger partial charge is 0.350 e. The standard InChI is InChI=1S/C26H31N3O3S/c1-20-10-16-25(17-11-20)33(31,32)29(4)23-14-12-22(13-15-23)26(30)27-19-24(28(2)3)18-21-8-6-5-7-9-21/h5-17,24H,18-19H2,1-4H3,(H,27,30)/t24-/m0/s1. The second kappa shape index (κ2) is 10.6. The SMILES string of the molecule is Cc1ccc(S(=O)(=O)N(C)c2ccc(C(=O)NC[C@H](Cc3ccccc3)N(C)C)cc2)cc1. The van der Waals surface area contributed by atoms with Crippen molar-refractivity contribution in [3.63, 3.8) is 0 Å². The minimum Gasteiger partial charge on any atom is -0.350 e. The fourth-order valence-electron chi connectivity index (χ4n) is 3.47. The highest BCUT2D eigenvalue weighted by molar-refractivity contribution is 7.92. The number of carbonyl (C=O) groups excluding carboxylic acids is 1. The number of hydrogen-bond acceptors (Lipinski definition) is 4. The lowest BCUT2D eigenvalue weighted by atomic mass is 10.0. The van der Waals surface area contributed by atoms with Crippen LogP contribution in [0.25, 0.3) is 0 Å². The van der Waals surface area contributed by atoms with Crippen LogP contribution in [-0.2, 0) is 16.4 Å². The van der Waals surface area contributed by atoms with E-state index in [9.17, 15) is 13.2 Å². The van der Waals surface area contributed by atoms with E-state index in [4.69, 9.17) is 0 Å². The van der Waals surface area contributed by atoms with Gasteiger partial charge in [0.05, 0.1) is 10.6 Å². The molecule has 1 atom stereocenters. The van der Waals surface area contributed by atoms with Crippen molar-refractivity contribution >= 4 is 21.6 Å². The van der Waals surface area contributed by atoms with Gasteiger partial charge in [-0.25, -0.2) is 8.42 Å². The number of sulfonamides is 1. The van der Waals surface area contributed by atoms with Crippen molar-refractivity contribution in [1.29, 1.82) is 0 Å². The molecule has 0 aliphatic carbocycles. The van der Waals surface area contributed by atoms with Crippen LogP contribution in [0.2, 0.25) is 0 Å². The van der Waals surface area contributed by atoms with Gasteiger partial charge in [-0.05, 0) is 69.4 Å². The molecule has 0 bridgehead atoms. The highest BCUT2D eigenvalue weighted by Gasteiger charge is 2.21. The summed E-state index contributed by atoms with van der Waals surface area (Å²) in [6, 6.07) is 23.7. The van der Waals surface area contributed by atoms with Crippen molar-refractivity contribution in [3.05, 3.63) is 95.6 Å². The number of carbonyl (C=O) groups is 1. The van der Waals surface area contributed by atoms with E-state index in [0.29, 0.717) is 17.8 Å². The lowest BCUT2D eigenvalue weighted by Crippen LogP contribution is -2.41. The van der Waals surface area contributed by atoms with Crippen LogP contribution in [0.4, 0.5) is 5.69 Å². The Hall–Kier alpha value is -3.16. The molecule has 0 spiro atoms. The molecule has 0 saturated heterocycles. The molecule has 1 amide bonds. The maximum atomic E-state index is 12.9. The molecule has 1 N–H and O–H groups in total. The van der Waals surface area contributed by atoms with Gasteiger partial charge in [0.25, 0.3) is 15.9 Å². The maximum absolute atomic E-state index is 12.9. The first-order valence-corrected chi connectivity index (χ1v) is 12.3. The molecule has 0 radical (unpaired) electrons. The van der Waals surface area contributed by atoms with E-state index in [1.54, 1.807) is 48.5 Å². The first kappa shape index (κ1) is 24.5. The number of aryl methyl sites for hydroxylation is 1. The molecule has 0 unspecified atom stereocenters. The van der Waals surface area contributed by atoms with Crippen molar-refractivity contribution in [2.75, 3.05) is 32.0 Å². The van der Waals surface area contributed by atoms with Gasteiger partial charge in [0, 0.05) is 25.2 Å². The minimum atomic E-state index is -3.68. The van der Waals surface area contributed by atoms with Crippen molar-refractivity contribution in [3.8, 4) is 0 Å². The summed E-state index contributed by atoms with van der Waals surface area (Å²) in [6.07, 6.45) is 0.828. The summed E-state index contributed by atoms with van der Waals surface area (Å²) in [5.41, 5.74) is 3.18. The van der Waals surface area contributed by atoms with Crippen LogP contribution in [-0.4, -0.2) is 53.0 Å². The van der Waals surface area contributed by atoms with Gasteiger partial charge in [-0.2, -0.15) is 0 Å². The predicted octanol–water partition coefficient (Wildman–Crippen LogP) is 3.72. The van der Waals surface area contributed by atoms with E-state index >= 15 is 0 Å². The van der Waals surface area contributed by atoms with E-state index in [1.807, 2.05) is 39.2 Å². The third-order valence-corrected chi connectivity index (χ3v) is 7.51. The van der Waals surface area contributed by atoms with Gasteiger partial charge in [0.2, 0.25) is 0 Å². The van der Waals surface area contributed by atoms with Gasteiger partial charge in [0.1, 0.15) is 0 Å². The summed E-state index contributed by atoms with van der Waals surface area (Å²) in [5.74, 6) is -0.189. The van der Waals surface area contributed by atoms with Crippen LogP contribution in [0, 0.1) is 6.92 Å². The van der Waals surface area contributed by atoms with Crippen LogP contribution >= 0.6 is 0 Å². The number of nitrogens with one attached hydrogen (secondary N) is 1. The normalized spacial score (nSPS) is 12.4. The third-order valence-electron chi connectivity index (χ3n) is 5.72. The highest BCUT2D eigenvalue weighted by Crippen LogP contribution is 2.22. The number of amides is 1. The van der Waals surface area contributed by atoms with Crippen LogP contribution in [0.3, 0.4) is 0 Å². The number of rotatable bonds is 9. The van der Waals surface area contributed by atoms with Gasteiger partial charge in [-0.15, -0.1) is 0 Å². The molecule has 0 aliphatic heterocycles. The smallest absolute Gasteiger partial charge is 0.264 e. The number of anilines is 1. The summed E-state index contributed by atoms with van der Waals surface area (Å²) in [4.78, 5) is 15.0. The minimum absolute atomic E-state index is 0.154. The molecule has 0 aromatic heterocycles. The zero-order valence-electron chi connectivity index (χ0n) is 19.5. The zero-order chi connectivity index (χ0) is 24.0. The lowest BCUT2D eigenvalue weighted by molar-refractivity contribution is 0.0941. The molecule has 33 heavy (non-hydrogen) atoms. The Labute approximate surface area is 196 Å². The summed E-state index contributed by atoms with van der Waals surface area (Å²) in [6.45, 7) is 2.41. The van der Waals surface area contributed by atoms with Crippen molar-refractivity contribution in [2.45, 2.75) is 24.3 Å². The Morgan fingerprint density at radius 2 is 1.48 bits per heavy atom. The zero-order valence-corrected chi connectivity index (χ0v) is 20.3. The molecule has 0 fully saturated rings. The van der Waals surface area contributed by atoms with Crippen molar-refractivity contribution in [2.24, 2.45) is 0 Å². The van der Waals surface area contributed by atoms with E-state index < -0.39 is 10.0 Å². The highest BCUT2D eigenvalue weighted by atomic mass is 32.2. The van der Waals surface area contributed by atoms with E-state index in [2.05, 4.69) is 22.3 Å². The number of nitrogens with zero attached hydrogens (tertiary/aromatic N) is 2. The van der Waals surface area contributed by atoms with Crippen LogP contribution < -0.4 is 9.62 Å². The average Bonchev–Trinajstić information content (AvgIpc) is 2.82. The van der Waals surface area contributed by atoms with Crippen molar-refractivity contribution < 1.29 is 13.2 Å². The molecule has 0 saturated carbocycles. The summed E-state index contributed by atoms with van der Waals surface area (Å²) in [7, 11) is 1.83. The van der Waals surface area contributed by atoms with Gasteiger partial charge < -0.3 is 10.2 Å². The molecule has 0 aliphatic rings. The molecular weight excluding hydrogens is 434 g/mol. The monoisotopic (exact) mass is 465 g/mol. The molecule has 3 aromatic rings. The van der Waals surface area contributed by atoms with Crippen LogP contribution in [0.1, 0.15) is 21.5 Å². The molecule has 7 heteroatoms. The number of benzene rings is 3. The Balaban J connectivity index is 1.65. The molecule has 3 rings (SSSR count). The Morgan fingerprint density at radius 3 is 2.06 bits per heavy atom. The van der Waals surface area contributed by atoms with Crippen molar-refractivity contribution in [1.82, 2.24) is 10.2 Å². The summed E-state index contributed by atoms with van der Waals surface area (Å²) < 4.78 is 27.0. The Kier molecular flexibility index (Phi) is 7.89. The predicted molar refractivity (Wildman–Crippen MR) is 133 cm³/mol. The Morgan fingerprint density at radius 1 is 0.879 bits per heavy atom. The van der Waals surface area contributed by atoms with Gasteiger partial charge in [-0.3, -0.25) is 9.10 Å². The lowest BCUT2D eigenvalue weighted by Gasteiger charge is -2.25. The fourth-order valence-corrected chi connectivity index (χ4v) is 4.66. The van der Waals surface area contributed by atoms with E-state index in [-0.39, 0.29) is 16.8 Å². The first-order chi connectivity index (χ1) is 15.7. The molecule has 6 nitrogen and oxygen atoms in total. The molecular formula is C26H31N3O3S. The quantitative estimate of drug-likeness (QED) is 0.523. The van der Waals surface area contributed by atoms with Gasteiger partial charge in [-0.1, -0.05) is 48.0 Å². The van der Waals surface area contributed by atoms with E-state index in [0.717, 1.165) is 12.0 Å². The van der Waals surface area contributed by atoms with Gasteiger partial charge in [0.15, 0.2) is 0 Å². The van der Waals surface area contributed by atoms with Gasteiger partial charge >= 0.3 is 0 Å². The molecule has 174 valence electrons. The topological polar surface area (TPSA) is 69.7 Å². The van der Waals surface area contributed by atoms with Crippen LogP contribution in [0.5, 0.6) is 0 Å².